The minimum absolute atomic E-state index is 0.0133. The van der Waals surface area contributed by atoms with E-state index in [9.17, 15) is 14.4 Å². The van der Waals surface area contributed by atoms with Gasteiger partial charge in [0.25, 0.3) is 0 Å². The first-order chi connectivity index (χ1) is 20.9. The average molecular weight is 581 g/mol. The first-order valence-corrected chi connectivity index (χ1v) is 15.1. The molecule has 5 rings (SSSR count). The van der Waals surface area contributed by atoms with E-state index < -0.39 is 5.92 Å². The Bertz CT molecular complexity index is 1400. The second-order valence-corrected chi connectivity index (χ2v) is 11.6. The molecule has 0 bridgehead atoms. The summed E-state index contributed by atoms with van der Waals surface area (Å²) < 4.78 is 7.83. The predicted octanol–water partition coefficient (Wildman–Crippen LogP) is 5.88. The summed E-state index contributed by atoms with van der Waals surface area (Å²) in [5, 5.41) is 0. The number of Topliss-reactive ketones (excluding diaryl/α,β-unsaturated/α-hetero) is 1. The van der Waals surface area contributed by atoms with Crippen LogP contribution < -0.4 is 0 Å². The van der Waals surface area contributed by atoms with Crippen LogP contribution in [0.25, 0.3) is 0 Å². The summed E-state index contributed by atoms with van der Waals surface area (Å²) in [6.07, 6.45) is 10.8. The number of likely N-dealkylation sites (tertiary alicyclic amines) is 1. The van der Waals surface area contributed by atoms with E-state index in [2.05, 4.69) is 72.3 Å². The Morgan fingerprint density at radius 3 is 2.16 bits per heavy atom. The van der Waals surface area contributed by atoms with Crippen LogP contribution >= 0.6 is 0 Å². The number of piperidine rings is 1. The standard InChI is InChI=1S/C35H40N4O4/c1-26(2)31(38(23-27-11-5-3-6-12-27)24-28-13-7-4-8-14-28)25-43-35(42)37-20-17-29(18-21-37)39-22-19-36-34(39)33(41)30-15-9-10-16-32(30)40/h3-16,19,22,26,29-31H,17-18,20-21,23-25H2,1-2H3/t30?,31-/m1/s1. The summed E-state index contributed by atoms with van der Waals surface area (Å²) in [6, 6.07) is 20.8. The maximum atomic E-state index is 13.2. The number of hydrogen-bond donors (Lipinski definition) is 0. The SMILES string of the molecule is CC(C)[C@@H](COC(=O)N1CCC(n2ccnc2C(=O)C2C=CC=CC2=O)CC1)N(Cc1ccccc1)Cc1ccccc1. The minimum Gasteiger partial charge on any atom is -0.448 e. The number of allylic oxidation sites excluding steroid dienone is 4. The Labute approximate surface area is 253 Å². The van der Waals surface area contributed by atoms with Gasteiger partial charge in [-0.25, -0.2) is 9.78 Å². The Kier molecular flexibility index (Phi) is 10.00. The van der Waals surface area contributed by atoms with Crippen molar-refractivity contribution in [3.8, 4) is 0 Å². The second kappa shape index (κ2) is 14.2. The molecule has 2 aliphatic rings. The molecular weight excluding hydrogens is 540 g/mol. The van der Waals surface area contributed by atoms with Crippen molar-refractivity contribution in [1.29, 1.82) is 0 Å². The maximum absolute atomic E-state index is 13.2. The minimum atomic E-state index is -0.835. The van der Waals surface area contributed by atoms with E-state index >= 15 is 0 Å². The van der Waals surface area contributed by atoms with Crippen LogP contribution in [0.15, 0.2) is 97.4 Å². The van der Waals surface area contributed by atoms with Gasteiger partial charge >= 0.3 is 6.09 Å². The Morgan fingerprint density at radius 2 is 1.58 bits per heavy atom. The maximum Gasteiger partial charge on any atom is 0.409 e. The fourth-order valence-corrected chi connectivity index (χ4v) is 5.90. The summed E-state index contributed by atoms with van der Waals surface area (Å²) in [6.45, 7) is 7.19. The fourth-order valence-electron chi connectivity index (χ4n) is 5.90. The molecule has 8 heteroatoms. The van der Waals surface area contributed by atoms with Crippen molar-refractivity contribution in [1.82, 2.24) is 19.4 Å². The van der Waals surface area contributed by atoms with Gasteiger partial charge in [0.1, 0.15) is 12.5 Å². The van der Waals surface area contributed by atoms with E-state index in [1.807, 2.05) is 16.7 Å². The smallest absolute Gasteiger partial charge is 0.409 e. The molecule has 8 nitrogen and oxygen atoms in total. The van der Waals surface area contributed by atoms with Gasteiger partial charge in [-0.05, 0) is 36.0 Å². The number of aromatic nitrogens is 2. The molecule has 1 aliphatic heterocycles. The lowest BCUT2D eigenvalue weighted by atomic mass is 9.94. The van der Waals surface area contributed by atoms with Crippen LogP contribution in [-0.2, 0) is 22.6 Å². The van der Waals surface area contributed by atoms with Gasteiger partial charge in [-0.1, -0.05) is 92.7 Å². The molecule has 3 aromatic rings. The number of amides is 1. The van der Waals surface area contributed by atoms with E-state index in [-0.39, 0.29) is 41.5 Å². The zero-order valence-corrected chi connectivity index (χ0v) is 24.9. The summed E-state index contributed by atoms with van der Waals surface area (Å²) in [4.78, 5) is 47.1. The first kappa shape index (κ1) is 30.2. The van der Waals surface area contributed by atoms with Crippen molar-refractivity contribution < 1.29 is 19.1 Å². The second-order valence-electron chi connectivity index (χ2n) is 11.6. The van der Waals surface area contributed by atoms with Gasteiger partial charge in [-0.15, -0.1) is 0 Å². The molecule has 1 unspecified atom stereocenters. The molecule has 1 saturated heterocycles. The van der Waals surface area contributed by atoms with E-state index in [0.717, 1.165) is 13.1 Å². The number of rotatable bonds is 11. The molecule has 1 aromatic heterocycles. The van der Waals surface area contributed by atoms with Gasteiger partial charge in [0.15, 0.2) is 11.6 Å². The molecule has 0 saturated carbocycles. The van der Waals surface area contributed by atoms with Crippen LogP contribution in [0.4, 0.5) is 4.79 Å². The number of carbonyl (C=O) groups excluding carboxylic acids is 3. The number of ether oxygens (including phenoxy) is 1. The third-order valence-corrected chi connectivity index (χ3v) is 8.34. The van der Waals surface area contributed by atoms with Gasteiger partial charge in [0.2, 0.25) is 5.78 Å². The van der Waals surface area contributed by atoms with Crippen molar-refractivity contribution >= 4 is 17.7 Å². The lowest BCUT2D eigenvalue weighted by Crippen LogP contribution is -2.45. The highest BCUT2D eigenvalue weighted by Gasteiger charge is 2.32. The van der Waals surface area contributed by atoms with Gasteiger partial charge in [-0.3, -0.25) is 14.5 Å². The quantitative estimate of drug-likeness (QED) is 0.208. The number of imidazole rings is 1. The van der Waals surface area contributed by atoms with Crippen LogP contribution in [0, 0.1) is 11.8 Å². The Morgan fingerprint density at radius 1 is 0.953 bits per heavy atom. The largest absolute Gasteiger partial charge is 0.448 e. The van der Waals surface area contributed by atoms with E-state index in [4.69, 9.17) is 4.74 Å². The first-order valence-electron chi connectivity index (χ1n) is 15.1. The van der Waals surface area contributed by atoms with Crippen LogP contribution in [0.3, 0.4) is 0 Å². The summed E-state index contributed by atoms with van der Waals surface area (Å²) >= 11 is 0. The molecule has 1 amide bonds. The molecule has 224 valence electrons. The van der Waals surface area contributed by atoms with Crippen LogP contribution in [0.5, 0.6) is 0 Å². The Hall–Kier alpha value is -4.30. The predicted molar refractivity (Wildman–Crippen MR) is 165 cm³/mol. The molecule has 2 atom stereocenters. The van der Waals surface area contributed by atoms with E-state index in [1.165, 1.54) is 17.2 Å². The highest BCUT2D eigenvalue weighted by molar-refractivity contribution is 6.14. The van der Waals surface area contributed by atoms with Crippen molar-refractivity contribution in [2.24, 2.45) is 11.8 Å². The average Bonchev–Trinajstić information content (AvgIpc) is 3.52. The monoisotopic (exact) mass is 580 g/mol. The Balaban J connectivity index is 1.19. The van der Waals surface area contributed by atoms with Crippen molar-refractivity contribution in [3.05, 3.63) is 114 Å². The van der Waals surface area contributed by atoms with Crippen molar-refractivity contribution in [2.45, 2.75) is 51.9 Å². The lowest BCUT2D eigenvalue weighted by molar-refractivity contribution is -0.115. The van der Waals surface area contributed by atoms with E-state index in [0.29, 0.717) is 32.5 Å². The van der Waals surface area contributed by atoms with Crippen LogP contribution in [0.1, 0.15) is 54.5 Å². The highest BCUT2D eigenvalue weighted by atomic mass is 16.6. The third-order valence-electron chi connectivity index (χ3n) is 8.34. The number of carbonyl (C=O) groups is 3. The fraction of sp³-hybridized carbons (Fsp3) is 0.371. The lowest BCUT2D eigenvalue weighted by Gasteiger charge is -2.36. The normalized spacial score (nSPS) is 17.9. The molecule has 1 fully saturated rings. The summed E-state index contributed by atoms with van der Waals surface area (Å²) in [7, 11) is 0. The topological polar surface area (TPSA) is 84.7 Å². The number of nitrogens with zero attached hydrogens (tertiary/aromatic N) is 4. The molecule has 0 spiro atoms. The molecule has 0 N–H and O–H groups in total. The summed E-state index contributed by atoms with van der Waals surface area (Å²) in [5.41, 5.74) is 2.44. The van der Waals surface area contributed by atoms with Gasteiger partial charge in [0.05, 0.1) is 0 Å². The van der Waals surface area contributed by atoms with Gasteiger partial charge < -0.3 is 14.2 Å². The number of ketones is 2. The number of benzene rings is 2. The third kappa shape index (κ3) is 7.56. The molecule has 1 aliphatic carbocycles. The molecule has 0 radical (unpaired) electrons. The van der Waals surface area contributed by atoms with Gasteiger partial charge in [-0.2, -0.15) is 0 Å². The highest BCUT2D eigenvalue weighted by Crippen LogP contribution is 2.26. The zero-order valence-electron chi connectivity index (χ0n) is 24.9. The molecular formula is C35H40N4O4. The molecule has 43 heavy (non-hydrogen) atoms. The van der Waals surface area contributed by atoms with E-state index in [1.54, 1.807) is 35.5 Å². The molecule has 2 aromatic carbocycles. The van der Waals surface area contributed by atoms with Crippen molar-refractivity contribution in [2.75, 3.05) is 19.7 Å². The van der Waals surface area contributed by atoms with Gasteiger partial charge in [0, 0.05) is 50.7 Å². The summed E-state index contributed by atoms with van der Waals surface area (Å²) in [5.74, 6) is -0.808. The van der Waals surface area contributed by atoms with Crippen LogP contribution in [-0.4, -0.2) is 62.7 Å². The zero-order chi connectivity index (χ0) is 30.2. The molecule has 2 heterocycles. The van der Waals surface area contributed by atoms with Crippen molar-refractivity contribution in [3.63, 3.8) is 0 Å². The number of hydrogen-bond acceptors (Lipinski definition) is 6. The van der Waals surface area contributed by atoms with Crippen LogP contribution in [0.2, 0.25) is 0 Å².